The zero-order valence-corrected chi connectivity index (χ0v) is 14.9. The molecule has 1 saturated heterocycles. The van der Waals surface area contributed by atoms with Gasteiger partial charge in [0.05, 0.1) is 18.5 Å². The molecular weight excluding hydrogens is 326 g/mol. The van der Waals surface area contributed by atoms with Crippen LogP contribution in [0, 0.1) is 0 Å². The van der Waals surface area contributed by atoms with Crippen molar-refractivity contribution in [1.82, 2.24) is 20.2 Å². The Morgan fingerprint density at radius 1 is 1.23 bits per heavy atom. The van der Waals surface area contributed by atoms with Crippen LogP contribution in [0.25, 0.3) is 11.1 Å². The summed E-state index contributed by atoms with van der Waals surface area (Å²) >= 11 is 0. The molecule has 0 radical (unpaired) electrons. The molecule has 0 unspecified atom stereocenters. The van der Waals surface area contributed by atoms with E-state index in [4.69, 9.17) is 4.74 Å². The first-order chi connectivity index (χ1) is 12.8. The summed E-state index contributed by atoms with van der Waals surface area (Å²) in [5.41, 5.74) is 4.52. The van der Waals surface area contributed by atoms with Gasteiger partial charge < -0.3 is 9.64 Å². The molecule has 1 aliphatic rings. The Balaban J connectivity index is 1.57. The Morgan fingerprint density at radius 3 is 2.96 bits per heavy atom. The van der Waals surface area contributed by atoms with E-state index in [1.165, 1.54) is 16.8 Å². The lowest BCUT2D eigenvalue weighted by Crippen LogP contribution is -2.35. The highest BCUT2D eigenvalue weighted by atomic mass is 16.5. The van der Waals surface area contributed by atoms with Crippen molar-refractivity contribution in [2.24, 2.45) is 0 Å². The van der Waals surface area contributed by atoms with Crippen molar-refractivity contribution in [3.8, 4) is 11.1 Å². The van der Waals surface area contributed by atoms with Gasteiger partial charge in [0.1, 0.15) is 12.1 Å². The first-order valence-corrected chi connectivity index (χ1v) is 8.98. The number of hydrogen-bond donors (Lipinski definition) is 1. The predicted molar refractivity (Wildman–Crippen MR) is 101 cm³/mol. The summed E-state index contributed by atoms with van der Waals surface area (Å²) in [4.78, 5) is 11.1. The Morgan fingerprint density at radius 2 is 2.12 bits per heavy atom. The third-order valence-corrected chi connectivity index (χ3v) is 4.91. The average Bonchev–Trinajstić information content (AvgIpc) is 3.19. The van der Waals surface area contributed by atoms with Gasteiger partial charge in [0.15, 0.2) is 0 Å². The molecule has 3 heterocycles. The molecule has 4 rings (SSSR count). The van der Waals surface area contributed by atoms with Crippen molar-refractivity contribution < 1.29 is 4.74 Å². The predicted octanol–water partition coefficient (Wildman–Crippen LogP) is 3.40. The second-order valence-corrected chi connectivity index (χ2v) is 6.65. The van der Waals surface area contributed by atoms with Crippen LogP contribution in [0.15, 0.2) is 48.9 Å². The third-order valence-electron chi connectivity index (χ3n) is 4.91. The summed E-state index contributed by atoms with van der Waals surface area (Å²) in [7, 11) is 1.68. The number of anilines is 1. The molecule has 6 nitrogen and oxygen atoms in total. The van der Waals surface area contributed by atoms with Gasteiger partial charge in [0.2, 0.25) is 0 Å². The summed E-state index contributed by atoms with van der Waals surface area (Å²) in [5, 5.41) is 7.57. The smallest absolute Gasteiger partial charge is 0.132 e. The second kappa shape index (κ2) is 7.66. The van der Waals surface area contributed by atoms with Crippen LogP contribution in [0.1, 0.15) is 30.1 Å². The van der Waals surface area contributed by atoms with E-state index in [0.717, 1.165) is 37.4 Å². The number of ether oxygens (including phenoxy) is 1. The maximum Gasteiger partial charge on any atom is 0.132 e. The zero-order chi connectivity index (χ0) is 17.8. The van der Waals surface area contributed by atoms with Crippen LogP contribution in [0.4, 0.5) is 5.82 Å². The van der Waals surface area contributed by atoms with Crippen molar-refractivity contribution in [3.63, 3.8) is 0 Å². The molecule has 0 amide bonds. The minimum absolute atomic E-state index is 0.405. The molecule has 1 aliphatic heterocycles. The second-order valence-electron chi connectivity index (χ2n) is 6.65. The quantitative estimate of drug-likeness (QED) is 0.765. The van der Waals surface area contributed by atoms with Gasteiger partial charge >= 0.3 is 0 Å². The largest absolute Gasteiger partial charge is 0.378 e. The van der Waals surface area contributed by atoms with Crippen LogP contribution >= 0.6 is 0 Å². The van der Waals surface area contributed by atoms with Crippen molar-refractivity contribution in [1.29, 1.82) is 0 Å². The Hall–Kier alpha value is -2.73. The van der Waals surface area contributed by atoms with Crippen LogP contribution in [0.3, 0.4) is 0 Å². The molecule has 26 heavy (non-hydrogen) atoms. The highest BCUT2D eigenvalue weighted by molar-refractivity contribution is 5.66. The number of aromatic nitrogens is 4. The number of aromatic amines is 1. The van der Waals surface area contributed by atoms with Crippen molar-refractivity contribution in [3.05, 3.63) is 60.3 Å². The Kier molecular flexibility index (Phi) is 4.93. The normalized spacial score (nSPS) is 17.4. The van der Waals surface area contributed by atoms with Gasteiger partial charge in [-0.05, 0) is 18.4 Å². The van der Waals surface area contributed by atoms with Crippen LogP contribution in [0.2, 0.25) is 0 Å². The van der Waals surface area contributed by atoms with Gasteiger partial charge in [-0.2, -0.15) is 5.10 Å². The van der Waals surface area contributed by atoms with E-state index in [1.807, 2.05) is 18.3 Å². The van der Waals surface area contributed by atoms with Crippen LogP contribution in [0.5, 0.6) is 0 Å². The van der Waals surface area contributed by atoms with E-state index in [1.54, 1.807) is 13.4 Å². The minimum atomic E-state index is 0.405. The van der Waals surface area contributed by atoms with Crippen molar-refractivity contribution >= 4 is 5.82 Å². The summed E-state index contributed by atoms with van der Waals surface area (Å²) < 4.78 is 5.19. The summed E-state index contributed by atoms with van der Waals surface area (Å²) in [5.74, 6) is 1.37. The van der Waals surface area contributed by atoms with Gasteiger partial charge in [-0.1, -0.05) is 30.3 Å². The van der Waals surface area contributed by atoms with Crippen LogP contribution in [-0.4, -0.2) is 40.4 Å². The Labute approximate surface area is 153 Å². The lowest BCUT2D eigenvalue weighted by Gasteiger charge is -2.33. The first-order valence-electron chi connectivity index (χ1n) is 8.98. The van der Waals surface area contributed by atoms with Gasteiger partial charge in [-0.25, -0.2) is 9.97 Å². The number of nitrogens with one attached hydrogen (secondary N) is 1. The summed E-state index contributed by atoms with van der Waals surface area (Å²) in [6.45, 7) is 2.44. The van der Waals surface area contributed by atoms with Gasteiger partial charge in [0, 0.05) is 43.4 Å². The molecule has 0 spiro atoms. The SMILES string of the molecule is COCc1cc(N2CCC[C@@H](c3[nH]ncc3-c3ccccc3)C2)ncn1. The molecule has 0 bridgehead atoms. The number of hydrogen-bond acceptors (Lipinski definition) is 5. The standard InChI is InChI=1S/C20H23N5O/c1-26-13-17-10-19(22-14-21-17)25-9-5-8-16(12-25)20-18(11-23-24-20)15-6-3-2-4-7-15/h2-4,6-7,10-11,14,16H,5,8-9,12-13H2,1H3,(H,23,24)/t16-/m1/s1. The van der Waals surface area contributed by atoms with Crippen LogP contribution < -0.4 is 4.90 Å². The fourth-order valence-electron chi connectivity index (χ4n) is 3.66. The highest BCUT2D eigenvalue weighted by Crippen LogP contribution is 2.34. The molecule has 1 aromatic carbocycles. The fourth-order valence-corrected chi connectivity index (χ4v) is 3.66. The first kappa shape index (κ1) is 16.7. The number of rotatable bonds is 5. The van der Waals surface area contributed by atoms with E-state index in [0.29, 0.717) is 12.5 Å². The van der Waals surface area contributed by atoms with E-state index in [2.05, 4.69) is 49.3 Å². The molecule has 0 aliphatic carbocycles. The molecule has 0 saturated carbocycles. The summed E-state index contributed by atoms with van der Waals surface area (Å²) in [6.07, 6.45) is 5.83. The monoisotopic (exact) mass is 349 g/mol. The van der Waals surface area contributed by atoms with Crippen LogP contribution in [-0.2, 0) is 11.3 Å². The number of piperidine rings is 1. The topological polar surface area (TPSA) is 66.9 Å². The maximum atomic E-state index is 5.19. The fraction of sp³-hybridized carbons (Fsp3) is 0.350. The maximum absolute atomic E-state index is 5.19. The van der Waals surface area contributed by atoms with E-state index < -0.39 is 0 Å². The molecule has 1 fully saturated rings. The number of benzene rings is 1. The lowest BCUT2D eigenvalue weighted by atomic mass is 9.90. The number of H-pyrrole nitrogens is 1. The molecule has 2 aromatic heterocycles. The highest BCUT2D eigenvalue weighted by Gasteiger charge is 2.26. The van der Waals surface area contributed by atoms with Gasteiger partial charge in [-0.15, -0.1) is 0 Å². The molecule has 3 aromatic rings. The van der Waals surface area contributed by atoms with Gasteiger partial charge in [-0.3, -0.25) is 5.10 Å². The van der Waals surface area contributed by atoms with Crippen molar-refractivity contribution in [2.75, 3.05) is 25.1 Å². The number of nitrogens with zero attached hydrogens (tertiary/aromatic N) is 4. The third kappa shape index (κ3) is 3.46. The molecule has 1 atom stereocenters. The molecule has 1 N–H and O–H groups in total. The summed E-state index contributed by atoms with van der Waals surface area (Å²) in [6, 6.07) is 12.5. The zero-order valence-electron chi connectivity index (χ0n) is 14.9. The lowest BCUT2D eigenvalue weighted by molar-refractivity contribution is 0.181. The Bertz CT molecular complexity index is 848. The van der Waals surface area contributed by atoms with Gasteiger partial charge in [0.25, 0.3) is 0 Å². The molecule has 6 heteroatoms. The average molecular weight is 349 g/mol. The van der Waals surface area contributed by atoms with E-state index >= 15 is 0 Å². The van der Waals surface area contributed by atoms with E-state index in [9.17, 15) is 0 Å². The van der Waals surface area contributed by atoms with E-state index in [-0.39, 0.29) is 0 Å². The van der Waals surface area contributed by atoms with Crippen molar-refractivity contribution in [2.45, 2.75) is 25.4 Å². The minimum Gasteiger partial charge on any atom is -0.378 e. The number of methoxy groups -OCH3 is 1. The molecule has 134 valence electrons. The molecular formula is C20H23N5O.